The van der Waals surface area contributed by atoms with Gasteiger partial charge < -0.3 is 4.98 Å². The molecule has 1 aromatic carbocycles. The molecule has 0 radical (unpaired) electrons. The third-order valence-corrected chi connectivity index (χ3v) is 3.80. The molecule has 0 saturated carbocycles. The van der Waals surface area contributed by atoms with Gasteiger partial charge in [0.2, 0.25) is 0 Å². The minimum atomic E-state index is 0.234. The minimum absolute atomic E-state index is 0.234. The first kappa shape index (κ1) is 11.7. The standard InChI is InChI=1S/C12H12BrClN2/c1-8-9(3-2-4-11(8)14)10(13)7-12-15-5-6-16-12/h2-6,10H,7H2,1H3,(H,15,16). The van der Waals surface area contributed by atoms with Crippen LogP contribution in [0.1, 0.15) is 21.8 Å². The van der Waals surface area contributed by atoms with Gasteiger partial charge in [0.1, 0.15) is 5.82 Å². The molecule has 0 spiro atoms. The molecule has 2 rings (SSSR count). The zero-order valence-electron chi connectivity index (χ0n) is 8.87. The summed E-state index contributed by atoms with van der Waals surface area (Å²) in [4.78, 5) is 7.55. The predicted octanol–water partition coefficient (Wildman–Crippen LogP) is 4.05. The molecule has 0 bridgehead atoms. The Bertz CT molecular complexity index is 468. The number of hydrogen-bond acceptors (Lipinski definition) is 1. The number of rotatable bonds is 3. The second kappa shape index (κ2) is 5.02. The highest BCUT2D eigenvalue weighted by atomic mass is 79.9. The van der Waals surface area contributed by atoms with E-state index < -0.39 is 0 Å². The van der Waals surface area contributed by atoms with Crippen LogP contribution in [0.3, 0.4) is 0 Å². The summed E-state index contributed by atoms with van der Waals surface area (Å²) in [7, 11) is 0. The van der Waals surface area contributed by atoms with Crippen LogP contribution in [0.5, 0.6) is 0 Å². The highest BCUT2D eigenvalue weighted by Crippen LogP contribution is 2.31. The number of alkyl halides is 1. The van der Waals surface area contributed by atoms with E-state index in [9.17, 15) is 0 Å². The van der Waals surface area contributed by atoms with Gasteiger partial charge >= 0.3 is 0 Å². The van der Waals surface area contributed by atoms with Crippen LogP contribution in [0.4, 0.5) is 0 Å². The Labute approximate surface area is 108 Å². The average molecular weight is 300 g/mol. The Morgan fingerprint density at radius 2 is 2.31 bits per heavy atom. The van der Waals surface area contributed by atoms with Crippen molar-refractivity contribution in [3.05, 3.63) is 52.6 Å². The maximum atomic E-state index is 6.10. The summed E-state index contributed by atoms with van der Waals surface area (Å²) >= 11 is 9.77. The summed E-state index contributed by atoms with van der Waals surface area (Å²) in [5.41, 5.74) is 2.33. The lowest BCUT2D eigenvalue weighted by Crippen LogP contribution is -1.99. The van der Waals surface area contributed by atoms with Gasteiger partial charge in [-0.3, -0.25) is 0 Å². The normalized spacial score (nSPS) is 12.7. The third-order valence-electron chi connectivity index (χ3n) is 2.57. The Balaban J connectivity index is 2.21. The molecule has 0 aliphatic carbocycles. The molecular weight excluding hydrogens is 288 g/mol. The van der Waals surface area contributed by atoms with E-state index in [2.05, 4.69) is 32.0 Å². The van der Waals surface area contributed by atoms with Crippen molar-refractivity contribution in [2.24, 2.45) is 0 Å². The van der Waals surface area contributed by atoms with Gasteiger partial charge in [0, 0.05) is 28.7 Å². The Kier molecular flexibility index (Phi) is 3.66. The number of nitrogens with one attached hydrogen (secondary N) is 1. The number of benzene rings is 1. The predicted molar refractivity (Wildman–Crippen MR) is 70.1 cm³/mol. The molecule has 0 aliphatic rings. The number of imidazole rings is 1. The van der Waals surface area contributed by atoms with Crippen LogP contribution in [0.25, 0.3) is 0 Å². The largest absolute Gasteiger partial charge is 0.349 e. The van der Waals surface area contributed by atoms with Crippen LogP contribution in [0, 0.1) is 6.92 Å². The zero-order valence-corrected chi connectivity index (χ0v) is 11.2. The second-order valence-corrected chi connectivity index (χ2v) is 5.17. The van der Waals surface area contributed by atoms with Crippen molar-refractivity contribution in [3.63, 3.8) is 0 Å². The molecule has 2 nitrogen and oxygen atoms in total. The van der Waals surface area contributed by atoms with E-state index in [1.807, 2.05) is 25.3 Å². The topological polar surface area (TPSA) is 28.7 Å². The number of nitrogens with zero attached hydrogens (tertiary/aromatic N) is 1. The number of aromatic amines is 1. The molecule has 84 valence electrons. The second-order valence-electron chi connectivity index (χ2n) is 3.66. The van der Waals surface area contributed by atoms with Crippen molar-refractivity contribution in [3.8, 4) is 0 Å². The summed E-state index contributed by atoms with van der Waals surface area (Å²) in [5, 5.41) is 0.807. The summed E-state index contributed by atoms with van der Waals surface area (Å²) < 4.78 is 0. The zero-order chi connectivity index (χ0) is 11.5. The lowest BCUT2D eigenvalue weighted by atomic mass is 10.0. The SMILES string of the molecule is Cc1c(Cl)cccc1C(Br)Cc1ncc[nH]1. The van der Waals surface area contributed by atoms with E-state index in [-0.39, 0.29) is 4.83 Å². The van der Waals surface area contributed by atoms with Crippen LogP contribution in [0.15, 0.2) is 30.6 Å². The van der Waals surface area contributed by atoms with Gasteiger partial charge in [-0.05, 0) is 24.1 Å². The lowest BCUT2D eigenvalue weighted by Gasteiger charge is -2.12. The van der Waals surface area contributed by atoms with E-state index in [0.29, 0.717) is 0 Å². The summed E-state index contributed by atoms with van der Waals surface area (Å²) in [5.74, 6) is 0.973. The van der Waals surface area contributed by atoms with Gasteiger partial charge in [-0.25, -0.2) is 4.98 Å². The van der Waals surface area contributed by atoms with Crippen molar-refractivity contribution >= 4 is 27.5 Å². The van der Waals surface area contributed by atoms with Crippen molar-refractivity contribution < 1.29 is 0 Å². The van der Waals surface area contributed by atoms with Crippen molar-refractivity contribution in [2.75, 3.05) is 0 Å². The first-order chi connectivity index (χ1) is 7.68. The van der Waals surface area contributed by atoms with Crippen molar-refractivity contribution in [1.82, 2.24) is 9.97 Å². The van der Waals surface area contributed by atoms with E-state index in [1.54, 1.807) is 6.20 Å². The van der Waals surface area contributed by atoms with Crippen LogP contribution in [-0.2, 0) is 6.42 Å². The summed E-state index contributed by atoms with van der Waals surface area (Å²) in [6, 6.07) is 5.97. The minimum Gasteiger partial charge on any atom is -0.349 e. The van der Waals surface area contributed by atoms with Crippen LogP contribution in [0.2, 0.25) is 5.02 Å². The van der Waals surface area contributed by atoms with Crippen molar-refractivity contribution in [2.45, 2.75) is 18.2 Å². The van der Waals surface area contributed by atoms with Gasteiger partial charge in [0.25, 0.3) is 0 Å². The smallest absolute Gasteiger partial charge is 0.107 e. The van der Waals surface area contributed by atoms with Crippen LogP contribution in [-0.4, -0.2) is 9.97 Å². The monoisotopic (exact) mass is 298 g/mol. The van der Waals surface area contributed by atoms with Crippen molar-refractivity contribution in [1.29, 1.82) is 0 Å². The summed E-state index contributed by atoms with van der Waals surface area (Å²) in [6.07, 6.45) is 4.42. The highest BCUT2D eigenvalue weighted by Gasteiger charge is 2.13. The fourth-order valence-corrected chi connectivity index (χ4v) is 2.64. The molecular formula is C12H12BrClN2. The Morgan fingerprint density at radius 1 is 1.50 bits per heavy atom. The van der Waals surface area contributed by atoms with Gasteiger partial charge in [0.15, 0.2) is 0 Å². The van der Waals surface area contributed by atoms with E-state index in [1.165, 1.54) is 5.56 Å². The Hall–Kier alpha value is -0.800. The van der Waals surface area contributed by atoms with E-state index in [0.717, 1.165) is 22.8 Å². The number of halogens is 2. The molecule has 1 unspecified atom stereocenters. The lowest BCUT2D eigenvalue weighted by molar-refractivity contribution is 0.870. The quantitative estimate of drug-likeness (QED) is 0.851. The highest BCUT2D eigenvalue weighted by molar-refractivity contribution is 9.09. The van der Waals surface area contributed by atoms with E-state index >= 15 is 0 Å². The fraction of sp³-hybridized carbons (Fsp3) is 0.250. The van der Waals surface area contributed by atoms with Crippen LogP contribution < -0.4 is 0 Å². The number of H-pyrrole nitrogens is 1. The molecule has 0 aliphatic heterocycles. The average Bonchev–Trinajstić information content (AvgIpc) is 2.74. The third kappa shape index (κ3) is 2.47. The molecule has 1 aromatic heterocycles. The molecule has 16 heavy (non-hydrogen) atoms. The molecule has 2 aromatic rings. The first-order valence-electron chi connectivity index (χ1n) is 5.06. The Morgan fingerprint density at radius 3 is 3.00 bits per heavy atom. The molecule has 1 heterocycles. The molecule has 4 heteroatoms. The molecule has 1 N–H and O–H groups in total. The fourth-order valence-electron chi connectivity index (χ4n) is 1.65. The van der Waals surface area contributed by atoms with Gasteiger partial charge in [-0.2, -0.15) is 0 Å². The molecule has 0 amide bonds. The van der Waals surface area contributed by atoms with Gasteiger partial charge in [0.05, 0.1) is 0 Å². The number of aromatic nitrogens is 2. The molecule has 0 saturated heterocycles. The molecule has 1 atom stereocenters. The number of hydrogen-bond donors (Lipinski definition) is 1. The maximum absolute atomic E-state index is 6.10. The van der Waals surface area contributed by atoms with Gasteiger partial charge in [-0.15, -0.1) is 0 Å². The van der Waals surface area contributed by atoms with Crippen LogP contribution >= 0.6 is 27.5 Å². The molecule has 0 fully saturated rings. The summed E-state index contributed by atoms with van der Waals surface area (Å²) in [6.45, 7) is 2.04. The van der Waals surface area contributed by atoms with Gasteiger partial charge in [-0.1, -0.05) is 39.7 Å². The van der Waals surface area contributed by atoms with E-state index in [4.69, 9.17) is 11.6 Å². The first-order valence-corrected chi connectivity index (χ1v) is 6.35. The maximum Gasteiger partial charge on any atom is 0.107 e.